The summed E-state index contributed by atoms with van der Waals surface area (Å²) in [6.45, 7) is 4.62. The first kappa shape index (κ1) is 12.2. The average Bonchev–Trinajstić information content (AvgIpc) is 2.70. The first-order chi connectivity index (χ1) is 8.61. The van der Waals surface area contributed by atoms with Gasteiger partial charge in [0.15, 0.2) is 0 Å². The molecule has 0 atom stereocenters. The zero-order chi connectivity index (χ0) is 13.1. The predicted octanol–water partition coefficient (Wildman–Crippen LogP) is 2.65. The van der Waals surface area contributed by atoms with E-state index >= 15 is 0 Å². The van der Waals surface area contributed by atoms with E-state index in [1.165, 1.54) is 0 Å². The average molecular weight is 245 g/mol. The van der Waals surface area contributed by atoms with Gasteiger partial charge in [-0.3, -0.25) is 0 Å². The monoisotopic (exact) mass is 245 g/mol. The minimum atomic E-state index is -0.947. The summed E-state index contributed by atoms with van der Waals surface area (Å²) in [4.78, 5) is 11.1. The van der Waals surface area contributed by atoms with Gasteiger partial charge in [0, 0.05) is 12.6 Å². The number of carboxylic acid groups (broad SMARTS) is 1. The summed E-state index contributed by atoms with van der Waals surface area (Å²) in [7, 11) is 0. The molecule has 0 aliphatic carbocycles. The second-order valence-corrected chi connectivity index (χ2v) is 3.96. The highest BCUT2D eigenvalue weighted by atomic mass is 16.4. The molecule has 5 heteroatoms. The third-order valence-corrected chi connectivity index (χ3v) is 2.62. The molecule has 0 fully saturated rings. The number of benzene rings is 1. The summed E-state index contributed by atoms with van der Waals surface area (Å²) >= 11 is 0. The summed E-state index contributed by atoms with van der Waals surface area (Å²) in [6, 6.07) is 8.71. The SMILES string of the molecule is CCn1nc(C)cc1Nc1ccccc1C(=O)O. The van der Waals surface area contributed by atoms with Crippen LogP contribution < -0.4 is 5.32 Å². The smallest absolute Gasteiger partial charge is 0.337 e. The first-order valence-electron chi connectivity index (χ1n) is 5.75. The van der Waals surface area contributed by atoms with E-state index in [1.54, 1.807) is 28.9 Å². The number of carbonyl (C=O) groups is 1. The van der Waals surface area contributed by atoms with Crippen LogP contribution in [-0.4, -0.2) is 20.9 Å². The Morgan fingerprint density at radius 2 is 2.17 bits per heavy atom. The lowest BCUT2D eigenvalue weighted by Crippen LogP contribution is -2.06. The number of hydrogen-bond acceptors (Lipinski definition) is 3. The van der Waals surface area contributed by atoms with Crippen LogP contribution in [0.4, 0.5) is 11.5 Å². The number of aromatic nitrogens is 2. The second kappa shape index (κ2) is 4.91. The molecule has 2 aromatic rings. The molecule has 2 N–H and O–H groups in total. The summed E-state index contributed by atoms with van der Waals surface area (Å²) < 4.78 is 1.80. The lowest BCUT2D eigenvalue weighted by molar-refractivity contribution is 0.0698. The molecule has 0 aliphatic rings. The van der Waals surface area contributed by atoms with Crippen LogP contribution in [0.3, 0.4) is 0 Å². The fourth-order valence-corrected chi connectivity index (χ4v) is 1.80. The van der Waals surface area contributed by atoms with Crippen LogP contribution in [0.15, 0.2) is 30.3 Å². The van der Waals surface area contributed by atoms with Crippen LogP contribution >= 0.6 is 0 Å². The van der Waals surface area contributed by atoms with E-state index in [-0.39, 0.29) is 5.56 Å². The van der Waals surface area contributed by atoms with Crippen molar-refractivity contribution in [3.63, 3.8) is 0 Å². The van der Waals surface area contributed by atoms with Gasteiger partial charge in [-0.05, 0) is 26.0 Å². The number of nitrogens with one attached hydrogen (secondary N) is 1. The quantitative estimate of drug-likeness (QED) is 0.869. The predicted molar refractivity (Wildman–Crippen MR) is 69.3 cm³/mol. The van der Waals surface area contributed by atoms with Crippen LogP contribution in [0.5, 0.6) is 0 Å². The third kappa shape index (κ3) is 2.34. The molecule has 0 bridgehead atoms. The van der Waals surface area contributed by atoms with Crippen molar-refractivity contribution >= 4 is 17.5 Å². The normalized spacial score (nSPS) is 10.3. The van der Waals surface area contributed by atoms with Crippen molar-refractivity contribution in [1.29, 1.82) is 0 Å². The van der Waals surface area contributed by atoms with Crippen molar-refractivity contribution in [2.24, 2.45) is 0 Å². The van der Waals surface area contributed by atoms with Crippen LogP contribution in [-0.2, 0) is 6.54 Å². The van der Waals surface area contributed by atoms with Gasteiger partial charge in [-0.15, -0.1) is 0 Å². The number of carboxylic acids is 1. The lowest BCUT2D eigenvalue weighted by Gasteiger charge is -2.10. The van der Waals surface area contributed by atoms with Crippen molar-refractivity contribution in [2.45, 2.75) is 20.4 Å². The van der Waals surface area contributed by atoms with Gasteiger partial charge in [0.25, 0.3) is 0 Å². The van der Waals surface area contributed by atoms with Gasteiger partial charge < -0.3 is 10.4 Å². The molecular weight excluding hydrogens is 230 g/mol. The van der Waals surface area contributed by atoms with Gasteiger partial charge in [0.1, 0.15) is 5.82 Å². The van der Waals surface area contributed by atoms with Gasteiger partial charge in [0.05, 0.1) is 16.9 Å². The van der Waals surface area contributed by atoms with Gasteiger partial charge >= 0.3 is 5.97 Å². The molecule has 0 spiro atoms. The number of aryl methyl sites for hydroxylation is 2. The summed E-state index contributed by atoms with van der Waals surface area (Å²) in [5.74, 6) is -0.152. The van der Waals surface area contributed by atoms with E-state index in [0.717, 1.165) is 18.1 Å². The lowest BCUT2D eigenvalue weighted by atomic mass is 10.2. The van der Waals surface area contributed by atoms with Crippen LogP contribution in [0.1, 0.15) is 23.0 Å². The van der Waals surface area contributed by atoms with Gasteiger partial charge in [-0.25, -0.2) is 9.48 Å². The van der Waals surface area contributed by atoms with Crippen molar-refractivity contribution in [3.05, 3.63) is 41.6 Å². The van der Waals surface area contributed by atoms with Gasteiger partial charge in [-0.2, -0.15) is 5.10 Å². The van der Waals surface area contributed by atoms with Crippen molar-refractivity contribution in [2.75, 3.05) is 5.32 Å². The van der Waals surface area contributed by atoms with Crippen LogP contribution in [0.2, 0.25) is 0 Å². The highest BCUT2D eigenvalue weighted by Gasteiger charge is 2.11. The molecule has 1 aromatic heterocycles. The highest BCUT2D eigenvalue weighted by molar-refractivity contribution is 5.94. The van der Waals surface area contributed by atoms with E-state index in [4.69, 9.17) is 5.11 Å². The number of hydrogen-bond donors (Lipinski definition) is 2. The maximum atomic E-state index is 11.1. The van der Waals surface area contributed by atoms with Crippen molar-refractivity contribution in [1.82, 2.24) is 9.78 Å². The Labute approximate surface area is 105 Å². The molecule has 0 saturated carbocycles. The van der Waals surface area contributed by atoms with E-state index in [1.807, 2.05) is 19.9 Å². The molecule has 5 nitrogen and oxygen atoms in total. The zero-order valence-corrected chi connectivity index (χ0v) is 10.3. The molecule has 0 radical (unpaired) electrons. The second-order valence-electron chi connectivity index (χ2n) is 3.96. The Bertz CT molecular complexity index is 575. The van der Waals surface area contributed by atoms with Crippen molar-refractivity contribution in [3.8, 4) is 0 Å². The Kier molecular flexibility index (Phi) is 3.32. The van der Waals surface area contributed by atoms with Crippen molar-refractivity contribution < 1.29 is 9.90 Å². The molecule has 1 heterocycles. The fourth-order valence-electron chi connectivity index (χ4n) is 1.80. The van der Waals surface area contributed by atoms with E-state index in [0.29, 0.717) is 5.69 Å². The van der Waals surface area contributed by atoms with Crippen LogP contribution in [0, 0.1) is 6.92 Å². The molecule has 1 aromatic carbocycles. The van der Waals surface area contributed by atoms with Gasteiger partial charge in [0.2, 0.25) is 0 Å². The number of nitrogens with zero attached hydrogens (tertiary/aromatic N) is 2. The first-order valence-corrected chi connectivity index (χ1v) is 5.75. The van der Waals surface area contributed by atoms with Crippen LogP contribution in [0.25, 0.3) is 0 Å². The number of anilines is 2. The Morgan fingerprint density at radius 1 is 1.44 bits per heavy atom. The maximum absolute atomic E-state index is 11.1. The maximum Gasteiger partial charge on any atom is 0.337 e. The summed E-state index contributed by atoms with van der Waals surface area (Å²) in [6.07, 6.45) is 0. The van der Waals surface area contributed by atoms with E-state index in [9.17, 15) is 4.79 Å². The minimum absolute atomic E-state index is 0.249. The molecular formula is C13H15N3O2. The zero-order valence-electron chi connectivity index (χ0n) is 10.3. The van der Waals surface area contributed by atoms with E-state index < -0.39 is 5.97 Å². The summed E-state index contributed by atoms with van der Waals surface area (Å²) in [5.41, 5.74) is 1.71. The Hall–Kier alpha value is -2.30. The Morgan fingerprint density at radius 3 is 2.83 bits per heavy atom. The molecule has 0 saturated heterocycles. The standard InChI is InChI=1S/C13H15N3O2/c1-3-16-12(8-9(2)15-16)14-11-7-5-4-6-10(11)13(17)18/h4-8,14H,3H2,1-2H3,(H,17,18). The van der Waals surface area contributed by atoms with E-state index in [2.05, 4.69) is 10.4 Å². The third-order valence-electron chi connectivity index (χ3n) is 2.62. The van der Waals surface area contributed by atoms with Gasteiger partial charge in [-0.1, -0.05) is 12.1 Å². The molecule has 0 unspecified atom stereocenters. The highest BCUT2D eigenvalue weighted by Crippen LogP contribution is 2.21. The molecule has 94 valence electrons. The Balaban J connectivity index is 2.36. The minimum Gasteiger partial charge on any atom is -0.478 e. The summed E-state index contributed by atoms with van der Waals surface area (Å²) in [5, 5.41) is 16.5. The molecule has 18 heavy (non-hydrogen) atoms. The number of aromatic carboxylic acids is 1. The topological polar surface area (TPSA) is 67.2 Å². The number of para-hydroxylation sites is 1. The molecule has 2 rings (SSSR count). The molecule has 0 aliphatic heterocycles. The fraction of sp³-hybridized carbons (Fsp3) is 0.231. The molecule has 0 amide bonds. The largest absolute Gasteiger partial charge is 0.478 e. The number of rotatable bonds is 4.